The van der Waals surface area contributed by atoms with Crippen molar-refractivity contribution in [2.24, 2.45) is 0 Å². The third-order valence-electron chi connectivity index (χ3n) is 5.51. The predicted molar refractivity (Wildman–Crippen MR) is 125 cm³/mol. The molecule has 5 heteroatoms. The number of para-hydroxylation sites is 1. The first-order chi connectivity index (χ1) is 15.8. The molecular weight excluding hydrogens is 404 g/mol. The van der Waals surface area contributed by atoms with E-state index in [0.29, 0.717) is 19.8 Å². The molecule has 166 valence electrons. The Morgan fingerprint density at radius 2 is 1.28 bits per heavy atom. The Balaban J connectivity index is 1.55. The van der Waals surface area contributed by atoms with Crippen molar-refractivity contribution in [1.29, 1.82) is 0 Å². The number of carbonyl (C=O) groups excluding carboxylic acids is 1. The topological polar surface area (TPSA) is 54.0 Å². The molecule has 0 radical (unpaired) electrons. The van der Waals surface area contributed by atoms with Gasteiger partial charge < -0.3 is 18.9 Å². The third-order valence-corrected chi connectivity index (χ3v) is 5.51. The van der Waals surface area contributed by atoms with Crippen LogP contribution in [-0.4, -0.2) is 32.4 Å². The Bertz CT molecular complexity index is 1070. The molecule has 1 aliphatic rings. The van der Waals surface area contributed by atoms with Crippen molar-refractivity contribution in [3.8, 4) is 17.2 Å². The smallest absolute Gasteiger partial charge is 0.330 e. The maximum absolute atomic E-state index is 11.3. The lowest BCUT2D eigenvalue weighted by atomic mass is 9.87. The fourth-order valence-corrected chi connectivity index (χ4v) is 4.11. The van der Waals surface area contributed by atoms with Crippen molar-refractivity contribution in [1.82, 2.24) is 0 Å². The Morgan fingerprint density at radius 3 is 1.88 bits per heavy atom. The van der Waals surface area contributed by atoms with Crippen LogP contribution in [0, 0.1) is 0 Å². The van der Waals surface area contributed by atoms with Crippen molar-refractivity contribution in [3.05, 3.63) is 78.4 Å². The van der Waals surface area contributed by atoms with Crippen LogP contribution in [0.5, 0.6) is 17.2 Å². The second kappa shape index (κ2) is 10.7. The second-order valence-electron chi connectivity index (χ2n) is 7.60. The van der Waals surface area contributed by atoms with E-state index in [1.54, 1.807) is 0 Å². The summed E-state index contributed by atoms with van der Waals surface area (Å²) in [5.74, 6) is 2.20. The first-order valence-electron chi connectivity index (χ1n) is 11.1. The van der Waals surface area contributed by atoms with Gasteiger partial charge in [0, 0.05) is 28.0 Å². The molecule has 32 heavy (non-hydrogen) atoms. The number of benzene rings is 3. The van der Waals surface area contributed by atoms with E-state index in [0.717, 1.165) is 59.8 Å². The highest BCUT2D eigenvalue weighted by Gasteiger charge is 2.23. The first kappa shape index (κ1) is 21.8. The summed E-state index contributed by atoms with van der Waals surface area (Å²) in [5, 5.41) is 2.05. The lowest BCUT2D eigenvalue weighted by molar-refractivity contribution is -0.138. The molecule has 0 saturated heterocycles. The van der Waals surface area contributed by atoms with Gasteiger partial charge in [-0.3, -0.25) is 0 Å². The molecular formula is C27H28O5. The monoisotopic (exact) mass is 432 g/mol. The SMILES string of the molecule is C=CC(=O)OCCOc1c2c(c(OCCOc3ccccc3)c3ccccc13)CCCC2. The number of carbonyl (C=O) groups is 1. The minimum atomic E-state index is -0.443. The molecule has 5 nitrogen and oxygen atoms in total. The highest BCUT2D eigenvalue weighted by Crippen LogP contribution is 2.44. The third kappa shape index (κ3) is 5.05. The van der Waals surface area contributed by atoms with E-state index in [9.17, 15) is 4.79 Å². The van der Waals surface area contributed by atoms with Gasteiger partial charge in [-0.05, 0) is 37.8 Å². The molecule has 0 heterocycles. The Labute approximate surface area is 188 Å². The summed E-state index contributed by atoms with van der Waals surface area (Å²) in [6.45, 7) is 4.83. The zero-order valence-electron chi connectivity index (χ0n) is 18.2. The van der Waals surface area contributed by atoms with Gasteiger partial charge in [0.05, 0.1) is 0 Å². The van der Waals surface area contributed by atoms with Crippen LogP contribution in [0.2, 0.25) is 0 Å². The van der Waals surface area contributed by atoms with E-state index >= 15 is 0 Å². The number of hydrogen-bond donors (Lipinski definition) is 0. The van der Waals surface area contributed by atoms with Gasteiger partial charge in [-0.1, -0.05) is 49.0 Å². The van der Waals surface area contributed by atoms with Crippen LogP contribution in [0.25, 0.3) is 10.8 Å². The number of esters is 1. The van der Waals surface area contributed by atoms with Gasteiger partial charge >= 0.3 is 5.97 Å². The molecule has 0 unspecified atom stereocenters. The predicted octanol–water partition coefficient (Wildman–Crippen LogP) is 5.28. The summed E-state index contributed by atoms with van der Waals surface area (Å²) >= 11 is 0. The second-order valence-corrected chi connectivity index (χ2v) is 7.60. The lowest BCUT2D eigenvalue weighted by Crippen LogP contribution is -2.15. The van der Waals surface area contributed by atoms with Crippen LogP contribution in [-0.2, 0) is 22.4 Å². The minimum Gasteiger partial charge on any atom is -0.490 e. The van der Waals surface area contributed by atoms with Gasteiger partial charge in [0.15, 0.2) is 0 Å². The molecule has 1 aliphatic carbocycles. The number of hydrogen-bond acceptors (Lipinski definition) is 5. The van der Waals surface area contributed by atoms with Gasteiger partial charge in [-0.15, -0.1) is 0 Å². The average Bonchev–Trinajstić information content (AvgIpc) is 2.85. The number of fused-ring (bicyclic) bond motifs is 2. The molecule has 0 spiro atoms. The molecule has 0 N–H and O–H groups in total. The fraction of sp³-hybridized carbons (Fsp3) is 0.296. The van der Waals surface area contributed by atoms with Crippen LogP contribution in [0.3, 0.4) is 0 Å². The van der Waals surface area contributed by atoms with E-state index in [1.165, 1.54) is 11.1 Å². The molecule has 0 atom stereocenters. The van der Waals surface area contributed by atoms with Crippen LogP contribution >= 0.6 is 0 Å². The van der Waals surface area contributed by atoms with Gasteiger partial charge in [0.25, 0.3) is 0 Å². The zero-order chi connectivity index (χ0) is 22.2. The van der Waals surface area contributed by atoms with Crippen molar-refractivity contribution in [3.63, 3.8) is 0 Å². The quantitative estimate of drug-likeness (QED) is 0.248. The average molecular weight is 433 g/mol. The highest BCUT2D eigenvalue weighted by atomic mass is 16.6. The summed E-state index contributed by atoms with van der Waals surface area (Å²) in [7, 11) is 0. The Kier molecular flexibility index (Phi) is 7.28. The zero-order valence-corrected chi connectivity index (χ0v) is 18.2. The standard InChI is InChI=1S/C27H28O5/c1-2-25(28)30-17-19-32-27-23-14-8-6-12-21(23)26(22-13-7-9-15-24(22)27)31-18-16-29-20-10-4-3-5-11-20/h2-6,8,10-12,14H,1,7,9,13,15-19H2. The van der Waals surface area contributed by atoms with E-state index in [2.05, 4.69) is 18.7 Å². The summed E-state index contributed by atoms with van der Waals surface area (Å²) < 4.78 is 23.3. The lowest BCUT2D eigenvalue weighted by Gasteiger charge is -2.25. The maximum Gasteiger partial charge on any atom is 0.330 e. The summed E-state index contributed by atoms with van der Waals surface area (Å²) in [5.41, 5.74) is 2.41. The largest absolute Gasteiger partial charge is 0.490 e. The molecule has 3 aromatic carbocycles. The van der Waals surface area contributed by atoms with Crippen LogP contribution < -0.4 is 14.2 Å². The van der Waals surface area contributed by atoms with Crippen LogP contribution in [0.4, 0.5) is 0 Å². The molecule has 4 rings (SSSR count). The molecule has 3 aromatic rings. The van der Waals surface area contributed by atoms with Gasteiger partial charge in [0.1, 0.15) is 43.7 Å². The number of rotatable bonds is 10. The van der Waals surface area contributed by atoms with E-state index in [1.807, 2.05) is 42.5 Å². The van der Waals surface area contributed by atoms with E-state index in [-0.39, 0.29) is 6.61 Å². The van der Waals surface area contributed by atoms with Gasteiger partial charge in [0.2, 0.25) is 0 Å². The van der Waals surface area contributed by atoms with Gasteiger partial charge in [-0.2, -0.15) is 0 Å². The molecule has 0 bridgehead atoms. The number of ether oxygens (including phenoxy) is 4. The molecule has 0 amide bonds. The minimum absolute atomic E-state index is 0.184. The van der Waals surface area contributed by atoms with E-state index in [4.69, 9.17) is 18.9 Å². The molecule has 0 aliphatic heterocycles. The Hall–Kier alpha value is -3.47. The van der Waals surface area contributed by atoms with Crippen LogP contribution in [0.1, 0.15) is 24.0 Å². The fourth-order valence-electron chi connectivity index (χ4n) is 4.11. The van der Waals surface area contributed by atoms with Gasteiger partial charge in [-0.25, -0.2) is 4.79 Å². The highest BCUT2D eigenvalue weighted by molar-refractivity contribution is 5.96. The van der Waals surface area contributed by atoms with Crippen molar-refractivity contribution in [2.75, 3.05) is 26.4 Å². The first-order valence-corrected chi connectivity index (χ1v) is 11.1. The molecule has 0 aromatic heterocycles. The summed E-state index contributed by atoms with van der Waals surface area (Å²) in [6, 6.07) is 17.9. The maximum atomic E-state index is 11.3. The van der Waals surface area contributed by atoms with Crippen molar-refractivity contribution >= 4 is 16.7 Å². The van der Waals surface area contributed by atoms with Crippen molar-refractivity contribution in [2.45, 2.75) is 25.7 Å². The normalized spacial score (nSPS) is 12.6. The van der Waals surface area contributed by atoms with Crippen LogP contribution in [0.15, 0.2) is 67.3 Å². The Morgan fingerprint density at radius 1 is 0.750 bits per heavy atom. The molecule has 0 saturated carbocycles. The summed E-state index contributed by atoms with van der Waals surface area (Å²) in [6.07, 6.45) is 5.29. The molecule has 0 fully saturated rings. The van der Waals surface area contributed by atoms with Crippen molar-refractivity contribution < 1.29 is 23.7 Å². The summed E-state index contributed by atoms with van der Waals surface area (Å²) in [4.78, 5) is 11.3. The van der Waals surface area contributed by atoms with E-state index < -0.39 is 5.97 Å².